The van der Waals surface area contributed by atoms with E-state index in [0.717, 1.165) is 16.0 Å². The van der Waals surface area contributed by atoms with Crippen molar-refractivity contribution in [3.63, 3.8) is 0 Å². The number of hydrogen-bond acceptors (Lipinski definition) is 3. The van der Waals surface area contributed by atoms with Gasteiger partial charge in [0.25, 0.3) is 0 Å². The lowest BCUT2D eigenvalue weighted by atomic mass is 9.86. The maximum Gasteiger partial charge on any atom is 0.231 e. The number of aryl methyl sites for hydroxylation is 1. The molecule has 17 heavy (non-hydrogen) atoms. The third kappa shape index (κ3) is 3.26. The molecule has 1 rings (SSSR count). The number of halogens is 1. The second kappa shape index (κ2) is 5.60. The van der Waals surface area contributed by atoms with Gasteiger partial charge in [-0.3, -0.25) is 4.79 Å². The summed E-state index contributed by atoms with van der Waals surface area (Å²) >= 11 is 3.29. The molecule has 1 aromatic heterocycles. The molecule has 0 fully saturated rings. The highest BCUT2D eigenvalue weighted by Gasteiger charge is 2.29. The third-order valence-electron chi connectivity index (χ3n) is 3.08. The van der Waals surface area contributed by atoms with Crippen molar-refractivity contribution in [2.24, 2.45) is 11.1 Å². The van der Waals surface area contributed by atoms with E-state index in [0.29, 0.717) is 13.0 Å². The van der Waals surface area contributed by atoms with Crippen LogP contribution in [0.1, 0.15) is 26.0 Å². The van der Waals surface area contributed by atoms with Gasteiger partial charge in [-0.15, -0.1) is 0 Å². The summed E-state index contributed by atoms with van der Waals surface area (Å²) in [6.07, 6.45) is 0.707. The zero-order valence-electron chi connectivity index (χ0n) is 10.4. The zero-order valence-corrected chi connectivity index (χ0v) is 12.0. The summed E-state index contributed by atoms with van der Waals surface area (Å²) in [4.78, 5) is 16.3. The second-order valence-corrected chi connectivity index (χ2v) is 5.15. The van der Waals surface area contributed by atoms with Gasteiger partial charge in [0.05, 0.1) is 16.8 Å². The van der Waals surface area contributed by atoms with E-state index < -0.39 is 5.41 Å². The summed E-state index contributed by atoms with van der Waals surface area (Å²) in [5, 5.41) is 2.88. The molecule has 1 aromatic rings. The van der Waals surface area contributed by atoms with Gasteiger partial charge in [-0.25, -0.2) is 4.98 Å². The highest BCUT2D eigenvalue weighted by Crippen LogP contribution is 2.23. The van der Waals surface area contributed by atoms with Crippen LogP contribution >= 0.6 is 15.9 Å². The molecule has 0 saturated heterocycles. The minimum Gasteiger partial charge on any atom is -0.329 e. The number of rotatable bonds is 4. The van der Waals surface area contributed by atoms with E-state index in [2.05, 4.69) is 26.2 Å². The lowest BCUT2D eigenvalue weighted by Crippen LogP contribution is -2.39. The SMILES string of the molecule is CCC(C)(CN)C(=O)Nc1ccc(Br)nc1C. The molecule has 0 spiro atoms. The first kappa shape index (κ1) is 14.1. The standard InChI is InChI=1S/C12H18BrN3O/c1-4-12(3,7-14)11(17)16-9-5-6-10(13)15-8(9)2/h5-6H,4,7,14H2,1-3H3,(H,16,17). The normalized spacial score (nSPS) is 14.2. The van der Waals surface area contributed by atoms with Gasteiger partial charge in [-0.2, -0.15) is 0 Å². The quantitative estimate of drug-likeness (QED) is 0.839. The molecule has 0 bridgehead atoms. The van der Waals surface area contributed by atoms with Crippen LogP contribution in [0.3, 0.4) is 0 Å². The highest BCUT2D eigenvalue weighted by molar-refractivity contribution is 9.10. The summed E-state index contributed by atoms with van der Waals surface area (Å²) in [5.74, 6) is -0.0604. The Bertz CT molecular complexity index is 416. The van der Waals surface area contributed by atoms with Crippen molar-refractivity contribution in [2.45, 2.75) is 27.2 Å². The summed E-state index contributed by atoms with van der Waals surface area (Å²) in [7, 11) is 0. The first-order valence-corrected chi connectivity index (χ1v) is 6.37. The van der Waals surface area contributed by atoms with E-state index in [9.17, 15) is 4.79 Å². The maximum atomic E-state index is 12.1. The predicted octanol–water partition coefficient (Wildman–Crippen LogP) is 2.47. The molecule has 0 aromatic carbocycles. The zero-order chi connectivity index (χ0) is 13.1. The Kier molecular flexibility index (Phi) is 4.65. The highest BCUT2D eigenvalue weighted by atomic mass is 79.9. The molecule has 94 valence electrons. The van der Waals surface area contributed by atoms with Gasteiger partial charge in [-0.1, -0.05) is 6.92 Å². The number of nitrogens with zero attached hydrogens (tertiary/aromatic N) is 1. The number of nitrogens with one attached hydrogen (secondary N) is 1. The number of aromatic nitrogens is 1. The van der Waals surface area contributed by atoms with Gasteiger partial charge >= 0.3 is 0 Å². The molecule has 1 amide bonds. The summed E-state index contributed by atoms with van der Waals surface area (Å²) in [6.45, 7) is 6.01. The molecule has 0 aliphatic rings. The van der Waals surface area contributed by atoms with Crippen molar-refractivity contribution in [1.29, 1.82) is 0 Å². The van der Waals surface area contributed by atoms with Crippen molar-refractivity contribution in [3.8, 4) is 0 Å². The van der Waals surface area contributed by atoms with Gasteiger partial charge in [0.15, 0.2) is 0 Å². The van der Waals surface area contributed by atoms with Gasteiger partial charge in [0, 0.05) is 6.54 Å². The third-order valence-corrected chi connectivity index (χ3v) is 3.52. The number of carbonyl (C=O) groups excluding carboxylic acids is 1. The van der Waals surface area contributed by atoms with Crippen molar-refractivity contribution in [3.05, 3.63) is 22.4 Å². The van der Waals surface area contributed by atoms with Crippen LogP contribution in [0.5, 0.6) is 0 Å². The average Bonchev–Trinajstić information content (AvgIpc) is 2.31. The monoisotopic (exact) mass is 299 g/mol. The Hall–Kier alpha value is -0.940. The Labute approximate surface area is 110 Å². The van der Waals surface area contributed by atoms with Crippen LogP contribution in [-0.2, 0) is 4.79 Å². The number of amides is 1. The smallest absolute Gasteiger partial charge is 0.231 e. The lowest BCUT2D eigenvalue weighted by Gasteiger charge is -2.25. The van der Waals surface area contributed by atoms with Gasteiger partial charge in [0.2, 0.25) is 5.91 Å². The predicted molar refractivity (Wildman–Crippen MR) is 72.8 cm³/mol. The summed E-state index contributed by atoms with van der Waals surface area (Å²) in [6, 6.07) is 3.63. The van der Waals surface area contributed by atoms with Crippen molar-refractivity contribution >= 4 is 27.5 Å². The summed E-state index contributed by atoms with van der Waals surface area (Å²) < 4.78 is 0.755. The molecule has 0 aliphatic carbocycles. The molecule has 5 heteroatoms. The molecule has 4 nitrogen and oxygen atoms in total. The van der Waals surface area contributed by atoms with Crippen LogP contribution in [0, 0.1) is 12.3 Å². The Balaban J connectivity index is 2.88. The fourth-order valence-electron chi connectivity index (χ4n) is 1.33. The molecular weight excluding hydrogens is 282 g/mol. The minimum atomic E-state index is -0.528. The van der Waals surface area contributed by atoms with Crippen LogP contribution in [0.4, 0.5) is 5.69 Å². The van der Waals surface area contributed by atoms with E-state index in [1.54, 1.807) is 6.07 Å². The largest absolute Gasteiger partial charge is 0.329 e. The maximum absolute atomic E-state index is 12.1. The molecule has 3 N–H and O–H groups in total. The topological polar surface area (TPSA) is 68.0 Å². The van der Waals surface area contributed by atoms with Crippen LogP contribution in [0.25, 0.3) is 0 Å². The number of anilines is 1. The van der Waals surface area contributed by atoms with Crippen LogP contribution in [-0.4, -0.2) is 17.4 Å². The van der Waals surface area contributed by atoms with Crippen molar-refractivity contribution in [2.75, 3.05) is 11.9 Å². The lowest BCUT2D eigenvalue weighted by molar-refractivity contribution is -0.124. The van der Waals surface area contributed by atoms with Crippen LogP contribution in [0.15, 0.2) is 16.7 Å². The number of carbonyl (C=O) groups is 1. The molecular formula is C12H18BrN3O. The molecule has 0 aliphatic heterocycles. The van der Waals surface area contributed by atoms with Crippen LogP contribution < -0.4 is 11.1 Å². The Morgan fingerprint density at radius 1 is 1.59 bits per heavy atom. The van der Waals surface area contributed by atoms with Crippen molar-refractivity contribution in [1.82, 2.24) is 4.98 Å². The molecule has 1 heterocycles. The van der Waals surface area contributed by atoms with E-state index in [1.807, 2.05) is 26.8 Å². The van der Waals surface area contributed by atoms with E-state index in [1.165, 1.54) is 0 Å². The van der Waals surface area contributed by atoms with E-state index >= 15 is 0 Å². The van der Waals surface area contributed by atoms with Gasteiger partial charge in [0.1, 0.15) is 4.60 Å². The van der Waals surface area contributed by atoms with E-state index in [4.69, 9.17) is 5.73 Å². The Morgan fingerprint density at radius 3 is 2.71 bits per heavy atom. The van der Waals surface area contributed by atoms with Crippen LogP contribution in [0.2, 0.25) is 0 Å². The number of pyridine rings is 1. The molecule has 0 radical (unpaired) electrons. The molecule has 1 atom stereocenters. The Morgan fingerprint density at radius 2 is 2.24 bits per heavy atom. The molecule has 1 unspecified atom stereocenters. The first-order valence-electron chi connectivity index (χ1n) is 5.57. The van der Waals surface area contributed by atoms with Gasteiger partial charge < -0.3 is 11.1 Å². The number of nitrogens with two attached hydrogens (primary N) is 1. The van der Waals surface area contributed by atoms with Gasteiger partial charge in [-0.05, 0) is 48.3 Å². The number of hydrogen-bond donors (Lipinski definition) is 2. The molecule has 0 saturated carbocycles. The van der Waals surface area contributed by atoms with Crippen molar-refractivity contribution < 1.29 is 4.79 Å². The van der Waals surface area contributed by atoms with E-state index in [-0.39, 0.29) is 5.91 Å². The minimum absolute atomic E-state index is 0.0604. The average molecular weight is 300 g/mol. The summed E-state index contributed by atoms with van der Waals surface area (Å²) in [5.41, 5.74) is 6.63. The fourth-order valence-corrected chi connectivity index (χ4v) is 1.73. The second-order valence-electron chi connectivity index (χ2n) is 4.34. The fraction of sp³-hybridized carbons (Fsp3) is 0.500. The first-order chi connectivity index (χ1) is 7.92.